The minimum Gasteiger partial charge on any atom is -0.387 e. The van der Waals surface area contributed by atoms with Gasteiger partial charge < -0.3 is 15.3 Å². The maximum Gasteiger partial charge on any atom is 0.245 e. The highest BCUT2D eigenvalue weighted by atomic mass is 16.3. The molecule has 0 heterocycles. The maximum absolute atomic E-state index is 11.0. The minimum atomic E-state index is -0.464. The first-order valence-electron chi connectivity index (χ1n) is 5.65. The fourth-order valence-electron chi connectivity index (χ4n) is 1.65. The molecule has 1 atom stereocenters. The molecule has 0 saturated heterocycles. The molecule has 0 aliphatic heterocycles. The van der Waals surface area contributed by atoms with Crippen molar-refractivity contribution >= 4 is 5.91 Å². The van der Waals surface area contributed by atoms with Crippen LogP contribution in [0.3, 0.4) is 0 Å². The van der Waals surface area contributed by atoms with E-state index in [0.29, 0.717) is 6.54 Å². The van der Waals surface area contributed by atoms with E-state index in [1.54, 1.807) is 0 Å². The van der Waals surface area contributed by atoms with E-state index in [0.717, 1.165) is 5.56 Å². The first-order valence-corrected chi connectivity index (χ1v) is 5.65. The van der Waals surface area contributed by atoms with Crippen molar-refractivity contribution in [3.63, 3.8) is 0 Å². The van der Waals surface area contributed by atoms with E-state index >= 15 is 0 Å². The van der Waals surface area contributed by atoms with Gasteiger partial charge in [-0.15, -0.1) is 0 Å². The van der Waals surface area contributed by atoms with Gasteiger partial charge in [-0.3, -0.25) is 4.79 Å². The molecule has 94 valence electrons. The predicted octanol–water partition coefficient (Wildman–Crippen LogP) is 0.706. The summed E-state index contributed by atoms with van der Waals surface area (Å²) in [4.78, 5) is 13.1. The quantitative estimate of drug-likeness (QED) is 0.791. The molecule has 0 bridgehead atoms. The Labute approximate surface area is 102 Å². The standard InChI is InChI=1S/C13H20N2O2/c1-10-4-6-11(7-5-10)12(15(2)3)8-14-13(17)9-16/h4-7,12,16H,8-9H2,1-3H3,(H,14,17)/t12-/m0/s1. The topological polar surface area (TPSA) is 52.6 Å². The number of carbonyl (C=O) groups is 1. The average molecular weight is 236 g/mol. The van der Waals surface area contributed by atoms with Gasteiger partial charge in [-0.25, -0.2) is 0 Å². The maximum atomic E-state index is 11.0. The Hall–Kier alpha value is -1.39. The van der Waals surface area contributed by atoms with Crippen LogP contribution in [0.25, 0.3) is 0 Å². The molecule has 0 fully saturated rings. The van der Waals surface area contributed by atoms with Gasteiger partial charge >= 0.3 is 0 Å². The van der Waals surface area contributed by atoms with Crippen LogP contribution in [0.15, 0.2) is 24.3 Å². The lowest BCUT2D eigenvalue weighted by molar-refractivity contribution is -0.124. The van der Waals surface area contributed by atoms with Crippen molar-refractivity contribution in [2.75, 3.05) is 27.2 Å². The second-order valence-corrected chi connectivity index (χ2v) is 4.35. The number of rotatable bonds is 5. The molecule has 1 aromatic rings. The molecule has 1 rings (SSSR count). The van der Waals surface area contributed by atoms with Crippen molar-refractivity contribution in [3.8, 4) is 0 Å². The van der Waals surface area contributed by atoms with Crippen LogP contribution in [0, 0.1) is 6.92 Å². The highest BCUT2D eigenvalue weighted by Gasteiger charge is 2.14. The van der Waals surface area contributed by atoms with Crippen LogP contribution < -0.4 is 5.32 Å². The molecule has 0 aliphatic carbocycles. The Bertz CT molecular complexity index is 360. The van der Waals surface area contributed by atoms with Crippen molar-refractivity contribution in [1.29, 1.82) is 0 Å². The van der Waals surface area contributed by atoms with Crippen LogP contribution in [-0.2, 0) is 4.79 Å². The Balaban J connectivity index is 2.72. The summed E-state index contributed by atoms with van der Waals surface area (Å²) in [6.07, 6.45) is 0. The Morgan fingerprint density at radius 1 is 1.35 bits per heavy atom. The number of aliphatic hydroxyl groups excluding tert-OH is 1. The summed E-state index contributed by atoms with van der Waals surface area (Å²) in [5, 5.41) is 11.4. The minimum absolute atomic E-state index is 0.117. The lowest BCUT2D eigenvalue weighted by atomic mass is 10.0. The monoisotopic (exact) mass is 236 g/mol. The van der Waals surface area contributed by atoms with Gasteiger partial charge in [0.1, 0.15) is 6.61 Å². The lowest BCUT2D eigenvalue weighted by Gasteiger charge is -2.25. The van der Waals surface area contributed by atoms with Crippen LogP contribution in [0.4, 0.5) is 0 Å². The molecule has 0 aromatic heterocycles. The number of nitrogens with zero attached hydrogens (tertiary/aromatic N) is 1. The van der Waals surface area contributed by atoms with Crippen molar-refractivity contribution in [2.24, 2.45) is 0 Å². The van der Waals surface area contributed by atoms with E-state index < -0.39 is 6.61 Å². The molecule has 1 amide bonds. The van der Waals surface area contributed by atoms with E-state index in [9.17, 15) is 4.79 Å². The van der Waals surface area contributed by atoms with Gasteiger partial charge in [0.15, 0.2) is 0 Å². The van der Waals surface area contributed by atoms with Crippen molar-refractivity contribution in [1.82, 2.24) is 10.2 Å². The fourth-order valence-corrected chi connectivity index (χ4v) is 1.65. The molecule has 1 aromatic carbocycles. The van der Waals surface area contributed by atoms with Gasteiger partial charge in [0.25, 0.3) is 0 Å². The molecular formula is C13H20N2O2. The summed E-state index contributed by atoms with van der Waals surface area (Å²) >= 11 is 0. The molecule has 4 nitrogen and oxygen atoms in total. The Morgan fingerprint density at radius 2 is 1.94 bits per heavy atom. The van der Waals surface area contributed by atoms with Gasteiger partial charge in [0, 0.05) is 6.54 Å². The first kappa shape index (κ1) is 13.7. The molecule has 0 aliphatic rings. The first-order chi connectivity index (χ1) is 8.04. The number of likely N-dealkylation sites (N-methyl/N-ethyl adjacent to an activating group) is 1. The number of benzene rings is 1. The second-order valence-electron chi connectivity index (χ2n) is 4.35. The fraction of sp³-hybridized carbons (Fsp3) is 0.462. The second kappa shape index (κ2) is 6.37. The molecule has 4 heteroatoms. The van der Waals surface area contributed by atoms with Gasteiger partial charge in [-0.05, 0) is 26.6 Å². The Kier molecular flexibility index (Phi) is 5.12. The van der Waals surface area contributed by atoms with Crippen molar-refractivity contribution < 1.29 is 9.90 Å². The van der Waals surface area contributed by atoms with Gasteiger partial charge in [0.05, 0.1) is 6.04 Å². The van der Waals surface area contributed by atoms with Crippen LogP contribution in [0.1, 0.15) is 17.2 Å². The van der Waals surface area contributed by atoms with E-state index in [1.165, 1.54) is 5.56 Å². The molecule has 2 N–H and O–H groups in total. The molecule has 0 spiro atoms. The summed E-state index contributed by atoms with van der Waals surface area (Å²) < 4.78 is 0. The van der Waals surface area contributed by atoms with Crippen molar-refractivity contribution in [3.05, 3.63) is 35.4 Å². The van der Waals surface area contributed by atoms with Crippen LogP contribution >= 0.6 is 0 Å². The molecule has 17 heavy (non-hydrogen) atoms. The smallest absolute Gasteiger partial charge is 0.245 e. The van der Waals surface area contributed by atoms with E-state index in [1.807, 2.05) is 25.9 Å². The average Bonchev–Trinajstić information content (AvgIpc) is 2.31. The number of hydrogen-bond donors (Lipinski definition) is 2. The largest absolute Gasteiger partial charge is 0.387 e. The third kappa shape index (κ3) is 4.17. The summed E-state index contributed by atoms with van der Waals surface area (Å²) in [6, 6.07) is 8.35. The number of aliphatic hydroxyl groups is 1. The molecular weight excluding hydrogens is 216 g/mol. The molecule has 0 radical (unpaired) electrons. The molecule has 0 unspecified atom stereocenters. The zero-order valence-corrected chi connectivity index (χ0v) is 10.6. The summed E-state index contributed by atoms with van der Waals surface area (Å²) in [6.45, 7) is 2.07. The van der Waals surface area contributed by atoms with Crippen molar-refractivity contribution in [2.45, 2.75) is 13.0 Å². The van der Waals surface area contributed by atoms with E-state index in [2.05, 4.69) is 29.6 Å². The Morgan fingerprint density at radius 3 is 2.41 bits per heavy atom. The van der Waals surface area contributed by atoms with E-state index in [-0.39, 0.29) is 11.9 Å². The highest BCUT2D eigenvalue weighted by Crippen LogP contribution is 2.17. The number of nitrogens with one attached hydrogen (secondary N) is 1. The SMILES string of the molecule is Cc1ccc([C@H](CNC(=O)CO)N(C)C)cc1. The summed E-state index contributed by atoms with van der Waals surface area (Å²) in [5.41, 5.74) is 2.37. The van der Waals surface area contributed by atoms with Crippen LogP contribution in [0.5, 0.6) is 0 Å². The van der Waals surface area contributed by atoms with Crippen LogP contribution in [-0.4, -0.2) is 43.2 Å². The predicted molar refractivity (Wildman–Crippen MR) is 67.7 cm³/mol. The van der Waals surface area contributed by atoms with E-state index in [4.69, 9.17) is 5.11 Å². The summed E-state index contributed by atoms with van der Waals surface area (Å²) in [5.74, 6) is -0.344. The zero-order valence-electron chi connectivity index (χ0n) is 10.6. The number of aryl methyl sites for hydroxylation is 1. The van der Waals surface area contributed by atoms with Crippen LogP contribution in [0.2, 0.25) is 0 Å². The summed E-state index contributed by atoms with van der Waals surface area (Å²) in [7, 11) is 3.94. The number of carbonyl (C=O) groups excluding carboxylic acids is 1. The third-order valence-corrected chi connectivity index (χ3v) is 2.72. The number of amides is 1. The van der Waals surface area contributed by atoms with Gasteiger partial charge in [-0.1, -0.05) is 29.8 Å². The normalized spacial score (nSPS) is 12.5. The van der Waals surface area contributed by atoms with Gasteiger partial charge in [0.2, 0.25) is 5.91 Å². The molecule has 0 saturated carbocycles. The number of hydrogen-bond acceptors (Lipinski definition) is 3. The van der Waals surface area contributed by atoms with Gasteiger partial charge in [-0.2, -0.15) is 0 Å². The third-order valence-electron chi connectivity index (χ3n) is 2.72. The zero-order chi connectivity index (χ0) is 12.8. The lowest BCUT2D eigenvalue weighted by Crippen LogP contribution is -2.35. The highest BCUT2D eigenvalue weighted by molar-refractivity contribution is 5.76.